The van der Waals surface area contributed by atoms with E-state index in [9.17, 15) is 9.90 Å². The summed E-state index contributed by atoms with van der Waals surface area (Å²) >= 11 is 1.56. The summed E-state index contributed by atoms with van der Waals surface area (Å²) in [4.78, 5) is 12.2. The molecule has 0 radical (unpaired) electrons. The van der Waals surface area contributed by atoms with Crippen molar-refractivity contribution in [2.45, 2.75) is 38.2 Å². The van der Waals surface area contributed by atoms with Gasteiger partial charge in [0.15, 0.2) is 0 Å². The van der Waals surface area contributed by atoms with Gasteiger partial charge in [0, 0.05) is 5.92 Å². The molecule has 104 valence electrons. The molecule has 1 amide bonds. The van der Waals surface area contributed by atoms with E-state index in [1.807, 2.05) is 16.8 Å². The Labute approximate surface area is 118 Å². The van der Waals surface area contributed by atoms with Gasteiger partial charge in [-0.25, -0.2) is 0 Å². The van der Waals surface area contributed by atoms with E-state index >= 15 is 0 Å². The number of aliphatic hydroxyl groups is 1. The summed E-state index contributed by atoms with van der Waals surface area (Å²) in [5.74, 6) is 1.62. The van der Waals surface area contributed by atoms with E-state index in [0.29, 0.717) is 18.4 Å². The molecule has 19 heavy (non-hydrogen) atoms. The molecule has 2 saturated carbocycles. The van der Waals surface area contributed by atoms with Gasteiger partial charge in [-0.2, -0.15) is 11.3 Å². The first kappa shape index (κ1) is 13.1. The third-order valence-electron chi connectivity index (χ3n) is 4.71. The Morgan fingerprint density at radius 3 is 2.74 bits per heavy atom. The van der Waals surface area contributed by atoms with Crippen molar-refractivity contribution >= 4 is 17.2 Å². The second-order valence-electron chi connectivity index (χ2n) is 6.14. The molecule has 1 aromatic heterocycles. The van der Waals surface area contributed by atoms with Crippen LogP contribution in [0.5, 0.6) is 0 Å². The quantitative estimate of drug-likeness (QED) is 0.889. The fourth-order valence-corrected chi connectivity index (χ4v) is 4.21. The van der Waals surface area contributed by atoms with Gasteiger partial charge in [-0.05, 0) is 54.0 Å². The van der Waals surface area contributed by atoms with Crippen molar-refractivity contribution < 1.29 is 9.90 Å². The van der Waals surface area contributed by atoms with Crippen molar-refractivity contribution in [3.63, 3.8) is 0 Å². The molecule has 3 rings (SSSR count). The minimum Gasteiger partial charge on any atom is -0.384 e. The zero-order valence-electron chi connectivity index (χ0n) is 11.3. The maximum atomic E-state index is 12.2. The Balaban J connectivity index is 1.54. The minimum atomic E-state index is -0.963. The molecule has 4 heteroatoms. The van der Waals surface area contributed by atoms with Gasteiger partial charge in [-0.1, -0.05) is 12.8 Å². The maximum Gasteiger partial charge on any atom is 0.223 e. The van der Waals surface area contributed by atoms with E-state index in [4.69, 9.17) is 0 Å². The molecule has 0 aliphatic heterocycles. The number of nitrogens with one attached hydrogen (secondary N) is 1. The van der Waals surface area contributed by atoms with E-state index in [1.165, 1.54) is 25.7 Å². The molecule has 0 saturated heterocycles. The highest BCUT2D eigenvalue weighted by Crippen LogP contribution is 2.55. The molecule has 1 heterocycles. The fraction of sp³-hybridized carbons (Fsp3) is 0.667. The molecular weight excluding hydrogens is 258 g/mol. The van der Waals surface area contributed by atoms with Crippen LogP contribution >= 0.6 is 11.3 Å². The Hall–Kier alpha value is -0.870. The molecular formula is C15H21NO2S. The van der Waals surface area contributed by atoms with Crippen molar-refractivity contribution in [3.05, 3.63) is 22.4 Å². The first-order valence-corrected chi connectivity index (χ1v) is 8.06. The van der Waals surface area contributed by atoms with Gasteiger partial charge in [0.05, 0.1) is 6.54 Å². The molecule has 2 N–H and O–H groups in total. The summed E-state index contributed by atoms with van der Waals surface area (Å²) < 4.78 is 0. The first-order valence-electron chi connectivity index (χ1n) is 7.12. The number of hydrogen-bond acceptors (Lipinski definition) is 3. The van der Waals surface area contributed by atoms with E-state index in [2.05, 4.69) is 5.32 Å². The standard InChI is InChI=1S/C15H21NO2S/c1-15(18,10-6-7-19-8-10)9-16-14(17)13-11-4-2-3-5-12(11)13/h6-8,11-13,18H,2-5,9H2,1H3,(H,16,17). The van der Waals surface area contributed by atoms with Crippen molar-refractivity contribution in [3.8, 4) is 0 Å². The molecule has 0 aromatic carbocycles. The lowest BCUT2D eigenvalue weighted by Crippen LogP contribution is -2.39. The van der Waals surface area contributed by atoms with E-state index in [1.54, 1.807) is 18.3 Å². The van der Waals surface area contributed by atoms with Crippen LogP contribution in [0.2, 0.25) is 0 Å². The van der Waals surface area contributed by atoms with Crippen molar-refractivity contribution in [2.24, 2.45) is 17.8 Å². The summed E-state index contributed by atoms with van der Waals surface area (Å²) in [6, 6.07) is 1.91. The summed E-state index contributed by atoms with van der Waals surface area (Å²) in [6.07, 6.45) is 4.97. The predicted molar refractivity (Wildman–Crippen MR) is 75.8 cm³/mol. The highest BCUT2D eigenvalue weighted by atomic mass is 32.1. The van der Waals surface area contributed by atoms with E-state index in [-0.39, 0.29) is 11.8 Å². The normalized spacial score (nSPS) is 32.2. The Morgan fingerprint density at radius 2 is 2.16 bits per heavy atom. The second kappa shape index (κ2) is 4.91. The van der Waals surface area contributed by atoms with Crippen molar-refractivity contribution in [1.82, 2.24) is 5.32 Å². The number of carbonyl (C=O) groups is 1. The van der Waals surface area contributed by atoms with Crippen LogP contribution in [0, 0.1) is 17.8 Å². The molecule has 3 atom stereocenters. The molecule has 1 aromatic rings. The third kappa shape index (κ3) is 2.56. The van der Waals surface area contributed by atoms with Crippen molar-refractivity contribution in [2.75, 3.05) is 6.54 Å². The van der Waals surface area contributed by atoms with E-state index < -0.39 is 5.60 Å². The Bertz CT molecular complexity index is 443. The SMILES string of the molecule is CC(O)(CNC(=O)C1C2CCCCC21)c1ccsc1. The number of carbonyl (C=O) groups excluding carboxylic acids is 1. The number of rotatable bonds is 4. The summed E-state index contributed by atoms with van der Waals surface area (Å²) in [7, 11) is 0. The number of fused-ring (bicyclic) bond motifs is 1. The van der Waals surface area contributed by atoms with E-state index in [0.717, 1.165) is 5.56 Å². The lowest BCUT2D eigenvalue weighted by molar-refractivity contribution is -0.124. The lowest BCUT2D eigenvalue weighted by atomic mass is 9.99. The van der Waals surface area contributed by atoms with Crippen LogP contribution in [-0.2, 0) is 10.4 Å². The van der Waals surface area contributed by atoms with Crippen LogP contribution in [0.1, 0.15) is 38.2 Å². The van der Waals surface area contributed by atoms with Gasteiger partial charge in [0.1, 0.15) is 5.60 Å². The van der Waals surface area contributed by atoms with Gasteiger partial charge in [-0.3, -0.25) is 4.79 Å². The Morgan fingerprint density at radius 1 is 1.47 bits per heavy atom. The van der Waals surface area contributed by atoms with Gasteiger partial charge in [0.2, 0.25) is 5.91 Å². The minimum absolute atomic E-state index is 0.146. The molecule has 2 aliphatic rings. The third-order valence-corrected chi connectivity index (χ3v) is 5.39. The molecule has 0 bridgehead atoms. The zero-order valence-corrected chi connectivity index (χ0v) is 12.1. The van der Waals surface area contributed by atoms with Crippen LogP contribution in [0.25, 0.3) is 0 Å². The van der Waals surface area contributed by atoms with Gasteiger partial charge in [-0.15, -0.1) is 0 Å². The fourth-order valence-electron chi connectivity index (χ4n) is 3.43. The molecule has 3 unspecified atom stereocenters. The topological polar surface area (TPSA) is 49.3 Å². The average Bonchev–Trinajstić information content (AvgIpc) is 2.85. The first-order chi connectivity index (χ1) is 9.09. The highest BCUT2D eigenvalue weighted by molar-refractivity contribution is 7.08. The summed E-state index contributed by atoms with van der Waals surface area (Å²) in [5.41, 5.74) is -0.0820. The Kier molecular flexibility index (Phi) is 3.39. The molecule has 2 aliphatic carbocycles. The van der Waals surface area contributed by atoms with Gasteiger partial charge in [0.25, 0.3) is 0 Å². The van der Waals surface area contributed by atoms with Gasteiger partial charge < -0.3 is 10.4 Å². The number of hydrogen-bond donors (Lipinski definition) is 2. The second-order valence-corrected chi connectivity index (χ2v) is 6.92. The smallest absolute Gasteiger partial charge is 0.223 e. The van der Waals surface area contributed by atoms with Gasteiger partial charge >= 0.3 is 0 Å². The average molecular weight is 279 g/mol. The monoisotopic (exact) mass is 279 g/mol. The molecule has 3 nitrogen and oxygen atoms in total. The summed E-state index contributed by atoms with van der Waals surface area (Å²) in [5, 5.41) is 17.2. The van der Waals surface area contributed by atoms with Crippen LogP contribution in [0.4, 0.5) is 0 Å². The predicted octanol–water partition coefficient (Wildman–Crippen LogP) is 2.51. The largest absolute Gasteiger partial charge is 0.384 e. The molecule has 0 spiro atoms. The number of thiophene rings is 1. The zero-order chi connectivity index (χ0) is 13.5. The summed E-state index contributed by atoms with van der Waals surface area (Å²) in [6.45, 7) is 2.06. The lowest BCUT2D eigenvalue weighted by Gasteiger charge is -2.22. The highest BCUT2D eigenvalue weighted by Gasteiger charge is 2.54. The maximum absolute atomic E-state index is 12.2. The van der Waals surface area contributed by atoms with Crippen LogP contribution < -0.4 is 5.32 Å². The molecule has 2 fully saturated rings. The van der Waals surface area contributed by atoms with Crippen molar-refractivity contribution in [1.29, 1.82) is 0 Å². The number of amides is 1. The van der Waals surface area contributed by atoms with Crippen LogP contribution in [0.3, 0.4) is 0 Å². The van der Waals surface area contributed by atoms with Crippen LogP contribution in [0.15, 0.2) is 16.8 Å². The van der Waals surface area contributed by atoms with Crippen LogP contribution in [-0.4, -0.2) is 17.6 Å².